The molecule has 2 amide bonds. The van der Waals surface area contributed by atoms with Crippen LogP contribution in [-0.2, 0) is 5.66 Å². The van der Waals surface area contributed by atoms with Gasteiger partial charge in [0.15, 0.2) is 0 Å². The van der Waals surface area contributed by atoms with E-state index >= 15 is 0 Å². The van der Waals surface area contributed by atoms with Crippen LogP contribution in [0.3, 0.4) is 0 Å². The number of pyridine rings is 1. The van der Waals surface area contributed by atoms with Crippen molar-refractivity contribution >= 4 is 23.5 Å². The van der Waals surface area contributed by atoms with Gasteiger partial charge in [-0.2, -0.15) is 0 Å². The molecule has 10 heteroatoms. The fourth-order valence-corrected chi connectivity index (χ4v) is 2.81. The van der Waals surface area contributed by atoms with Crippen molar-refractivity contribution in [3.05, 3.63) is 46.8 Å². The highest BCUT2D eigenvalue weighted by molar-refractivity contribution is 5.95. The number of rotatable bonds is 4. The number of nitrogens with one attached hydrogen (secondary N) is 2. The normalized spacial score (nSPS) is 18.4. The molecule has 1 aliphatic rings. The van der Waals surface area contributed by atoms with Crippen molar-refractivity contribution in [2.45, 2.75) is 12.6 Å². The minimum absolute atomic E-state index is 0.0854. The van der Waals surface area contributed by atoms with Crippen LogP contribution in [0.4, 0.5) is 16.3 Å². The van der Waals surface area contributed by atoms with Gasteiger partial charge in [-0.25, -0.2) is 14.8 Å². The zero-order valence-electron chi connectivity index (χ0n) is 13.6. The third-order valence-corrected chi connectivity index (χ3v) is 3.91. The second-order valence-electron chi connectivity index (χ2n) is 5.86. The third-order valence-electron chi connectivity index (χ3n) is 3.91. The number of likely N-dealkylation sites (N-methyl/N-ethyl adjacent to an activating group) is 1. The number of amides is 2. The molecule has 3 heterocycles. The fourth-order valence-electron chi connectivity index (χ4n) is 2.81. The van der Waals surface area contributed by atoms with Gasteiger partial charge < -0.3 is 20.6 Å². The predicted octanol–water partition coefficient (Wildman–Crippen LogP) is 0.408. The summed E-state index contributed by atoms with van der Waals surface area (Å²) in [5, 5.41) is 14.6. The van der Waals surface area contributed by atoms with Gasteiger partial charge in [0.2, 0.25) is 0 Å². The summed E-state index contributed by atoms with van der Waals surface area (Å²) in [6, 6.07) is 4.59. The number of hydrogen-bond donors (Lipinski definition) is 3. The van der Waals surface area contributed by atoms with Gasteiger partial charge >= 0.3 is 6.09 Å². The van der Waals surface area contributed by atoms with Gasteiger partial charge in [0, 0.05) is 13.2 Å². The van der Waals surface area contributed by atoms with Crippen molar-refractivity contribution in [3.63, 3.8) is 0 Å². The van der Waals surface area contributed by atoms with Crippen LogP contribution >= 0.6 is 0 Å². The molecular formula is C15H16N6O4. The van der Waals surface area contributed by atoms with Crippen molar-refractivity contribution in [3.8, 4) is 0 Å². The van der Waals surface area contributed by atoms with Crippen molar-refractivity contribution in [1.29, 1.82) is 0 Å². The molecular weight excluding hydrogens is 328 g/mol. The standard InChI is InChI=1S/C15H16N6O4/c1-15(7-20(2)14(24)25)19-12(22)10-4-3-9(13(23)21(10)15)18-11-5-6-16-8-17-11/h3-6,8H,7H2,1-2H3,(H,19,22)(H,24,25)(H,16,17,18). The van der Waals surface area contributed by atoms with E-state index in [4.69, 9.17) is 5.11 Å². The molecule has 2 aromatic heterocycles. The Kier molecular flexibility index (Phi) is 3.87. The molecule has 130 valence electrons. The molecule has 3 rings (SSSR count). The molecule has 1 unspecified atom stereocenters. The average Bonchev–Trinajstić information content (AvgIpc) is 2.82. The number of fused-ring (bicyclic) bond motifs is 1. The van der Waals surface area contributed by atoms with Crippen molar-refractivity contribution in [2.75, 3.05) is 18.9 Å². The molecule has 0 bridgehead atoms. The average molecular weight is 344 g/mol. The van der Waals surface area contributed by atoms with E-state index in [9.17, 15) is 14.4 Å². The Bertz CT molecular complexity index is 897. The first-order valence-electron chi connectivity index (χ1n) is 7.38. The van der Waals surface area contributed by atoms with E-state index in [0.29, 0.717) is 5.82 Å². The number of aromatic nitrogens is 3. The monoisotopic (exact) mass is 344 g/mol. The van der Waals surface area contributed by atoms with Crippen LogP contribution in [-0.4, -0.2) is 50.1 Å². The zero-order valence-corrected chi connectivity index (χ0v) is 13.6. The van der Waals surface area contributed by atoms with Crippen LogP contribution in [0.2, 0.25) is 0 Å². The number of carboxylic acid groups (broad SMARTS) is 1. The Labute approximate surface area is 142 Å². The Morgan fingerprint density at radius 3 is 2.80 bits per heavy atom. The maximum absolute atomic E-state index is 12.9. The molecule has 1 atom stereocenters. The predicted molar refractivity (Wildman–Crippen MR) is 87.8 cm³/mol. The van der Waals surface area contributed by atoms with Crippen LogP contribution in [0.1, 0.15) is 17.4 Å². The first-order valence-corrected chi connectivity index (χ1v) is 7.38. The molecule has 0 aromatic carbocycles. The highest BCUT2D eigenvalue weighted by atomic mass is 16.4. The first-order chi connectivity index (χ1) is 11.8. The number of hydrogen-bond acceptors (Lipinski definition) is 6. The lowest BCUT2D eigenvalue weighted by atomic mass is 10.2. The lowest BCUT2D eigenvalue weighted by molar-refractivity contribution is 0.0884. The number of anilines is 2. The molecule has 0 radical (unpaired) electrons. The molecule has 0 fully saturated rings. The summed E-state index contributed by atoms with van der Waals surface area (Å²) in [5.74, 6) is -0.0127. The van der Waals surface area contributed by atoms with Crippen molar-refractivity contribution in [2.24, 2.45) is 0 Å². The quantitative estimate of drug-likeness (QED) is 0.732. The molecule has 1 aliphatic heterocycles. The van der Waals surface area contributed by atoms with E-state index < -0.39 is 23.2 Å². The molecule has 0 aliphatic carbocycles. The highest BCUT2D eigenvalue weighted by Crippen LogP contribution is 2.23. The van der Waals surface area contributed by atoms with E-state index in [1.54, 1.807) is 13.0 Å². The summed E-state index contributed by atoms with van der Waals surface area (Å²) >= 11 is 0. The Morgan fingerprint density at radius 1 is 1.40 bits per heavy atom. The molecule has 0 saturated carbocycles. The van der Waals surface area contributed by atoms with Crippen LogP contribution < -0.4 is 16.2 Å². The highest BCUT2D eigenvalue weighted by Gasteiger charge is 2.41. The van der Waals surface area contributed by atoms with E-state index in [1.807, 2.05) is 0 Å². The SMILES string of the molecule is CN(CC1(C)NC(=O)c2ccc(Nc3ccncn3)c(=O)n21)C(=O)O. The Hall–Kier alpha value is -3.43. The van der Waals surface area contributed by atoms with Gasteiger partial charge in [-0.1, -0.05) is 0 Å². The van der Waals surface area contributed by atoms with Crippen LogP contribution in [0.25, 0.3) is 0 Å². The maximum Gasteiger partial charge on any atom is 0.407 e. The summed E-state index contributed by atoms with van der Waals surface area (Å²) in [5.41, 5.74) is -1.28. The summed E-state index contributed by atoms with van der Waals surface area (Å²) in [4.78, 5) is 45.0. The Morgan fingerprint density at radius 2 is 2.16 bits per heavy atom. The molecule has 3 N–H and O–H groups in total. The number of carbonyl (C=O) groups excluding carboxylic acids is 1. The van der Waals surface area contributed by atoms with Gasteiger partial charge in [0.25, 0.3) is 11.5 Å². The second-order valence-corrected chi connectivity index (χ2v) is 5.86. The molecule has 0 saturated heterocycles. The van der Waals surface area contributed by atoms with Crippen molar-refractivity contribution in [1.82, 2.24) is 24.8 Å². The number of nitrogens with zero attached hydrogens (tertiary/aromatic N) is 4. The minimum atomic E-state index is -1.19. The van der Waals surface area contributed by atoms with Crippen LogP contribution in [0, 0.1) is 0 Å². The molecule has 2 aromatic rings. The van der Waals surface area contributed by atoms with Gasteiger partial charge in [-0.3, -0.25) is 14.2 Å². The largest absolute Gasteiger partial charge is 0.465 e. The van der Waals surface area contributed by atoms with E-state index in [2.05, 4.69) is 20.6 Å². The fraction of sp³-hybridized carbons (Fsp3) is 0.267. The van der Waals surface area contributed by atoms with Gasteiger partial charge in [-0.15, -0.1) is 0 Å². The Balaban J connectivity index is 2.03. The van der Waals surface area contributed by atoms with E-state index in [1.165, 1.54) is 36.3 Å². The van der Waals surface area contributed by atoms with Crippen LogP contribution in [0.15, 0.2) is 35.5 Å². The maximum atomic E-state index is 12.9. The summed E-state index contributed by atoms with van der Waals surface area (Å²) in [6.45, 7) is 1.51. The summed E-state index contributed by atoms with van der Waals surface area (Å²) < 4.78 is 1.26. The molecule has 25 heavy (non-hydrogen) atoms. The van der Waals surface area contributed by atoms with Crippen LogP contribution in [0.5, 0.6) is 0 Å². The molecule has 10 nitrogen and oxygen atoms in total. The molecule has 0 spiro atoms. The second kappa shape index (κ2) is 5.89. The third kappa shape index (κ3) is 2.89. The number of carbonyl (C=O) groups is 2. The summed E-state index contributed by atoms with van der Waals surface area (Å²) in [6.07, 6.45) is 1.70. The zero-order chi connectivity index (χ0) is 18.2. The first kappa shape index (κ1) is 16.4. The lowest BCUT2D eigenvalue weighted by Crippen LogP contribution is -2.53. The van der Waals surface area contributed by atoms with E-state index in [0.717, 1.165) is 4.90 Å². The van der Waals surface area contributed by atoms with Gasteiger partial charge in [0.1, 0.15) is 29.2 Å². The van der Waals surface area contributed by atoms with Gasteiger partial charge in [0.05, 0.1) is 6.54 Å². The smallest absolute Gasteiger partial charge is 0.407 e. The van der Waals surface area contributed by atoms with Crippen molar-refractivity contribution < 1.29 is 14.7 Å². The topological polar surface area (TPSA) is 129 Å². The van der Waals surface area contributed by atoms with E-state index in [-0.39, 0.29) is 17.9 Å². The lowest BCUT2D eigenvalue weighted by Gasteiger charge is -2.30. The van der Waals surface area contributed by atoms with Gasteiger partial charge in [-0.05, 0) is 25.1 Å². The minimum Gasteiger partial charge on any atom is -0.465 e. The summed E-state index contributed by atoms with van der Waals surface area (Å²) in [7, 11) is 1.37.